The van der Waals surface area contributed by atoms with Gasteiger partial charge in [0.05, 0.1) is 46.8 Å². The SMILES string of the molecule is CCC[C@H](C)Oc1nc(N(Cc2ccc(OC)cc2OC)Cc2ccc(OC)cc2OC)c2ncc(C(OC(=S)SC)C3CCCCN3C(=O)O)n2n1. The Morgan fingerprint density at radius 3 is 2.21 bits per heavy atom. The predicted molar refractivity (Wildman–Crippen MR) is 207 cm³/mol. The minimum atomic E-state index is -1.02. The summed E-state index contributed by atoms with van der Waals surface area (Å²) in [5.41, 5.74) is 2.65. The number of methoxy groups -OCH3 is 4. The van der Waals surface area contributed by atoms with Crippen LogP contribution < -0.4 is 28.6 Å². The average molecular weight is 769 g/mol. The fraction of sp³-hybridized carbons (Fsp3) is 0.486. The van der Waals surface area contributed by atoms with Crippen molar-refractivity contribution in [3.05, 3.63) is 59.4 Å². The quantitative estimate of drug-likeness (QED) is 0.115. The Hall–Kier alpha value is -4.70. The van der Waals surface area contributed by atoms with Crippen LogP contribution in [0.25, 0.3) is 5.65 Å². The molecule has 5 rings (SSSR count). The normalized spacial score (nSPS) is 15.4. The summed E-state index contributed by atoms with van der Waals surface area (Å²) in [6, 6.07) is 10.9. The van der Waals surface area contributed by atoms with Gasteiger partial charge in [0.2, 0.25) is 4.38 Å². The lowest BCUT2D eigenvalue weighted by Gasteiger charge is -2.38. The Morgan fingerprint density at radius 2 is 1.66 bits per heavy atom. The van der Waals surface area contributed by atoms with E-state index in [0.29, 0.717) is 66.2 Å². The molecule has 0 radical (unpaired) electrons. The zero-order chi connectivity index (χ0) is 38.1. The summed E-state index contributed by atoms with van der Waals surface area (Å²) >= 11 is 6.82. The van der Waals surface area contributed by atoms with Gasteiger partial charge >= 0.3 is 12.1 Å². The van der Waals surface area contributed by atoms with Crippen LogP contribution in [0.4, 0.5) is 10.6 Å². The second kappa shape index (κ2) is 18.4. The van der Waals surface area contributed by atoms with Gasteiger partial charge in [-0.2, -0.15) is 4.98 Å². The van der Waals surface area contributed by atoms with Gasteiger partial charge in [-0.3, -0.25) is 0 Å². The Balaban J connectivity index is 1.73. The van der Waals surface area contributed by atoms with Crippen molar-refractivity contribution in [2.24, 2.45) is 0 Å². The van der Waals surface area contributed by atoms with Crippen molar-refractivity contribution in [2.75, 3.05) is 46.1 Å². The molecule has 14 nitrogen and oxygen atoms in total. The summed E-state index contributed by atoms with van der Waals surface area (Å²) in [6.07, 6.45) is 5.33. The lowest BCUT2D eigenvalue weighted by Crippen LogP contribution is -2.47. The van der Waals surface area contributed by atoms with E-state index in [-0.39, 0.29) is 16.5 Å². The second-order valence-electron chi connectivity index (χ2n) is 12.6. The number of ether oxygens (including phenoxy) is 6. The number of hydrogen-bond donors (Lipinski definition) is 1. The van der Waals surface area contributed by atoms with E-state index < -0.39 is 18.2 Å². The van der Waals surface area contributed by atoms with Crippen LogP contribution in [0.3, 0.4) is 0 Å². The van der Waals surface area contributed by atoms with E-state index in [1.807, 2.05) is 54.5 Å². The number of carbonyl (C=O) groups is 1. The summed E-state index contributed by atoms with van der Waals surface area (Å²) in [7, 11) is 6.45. The average Bonchev–Trinajstić information content (AvgIpc) is 3.60. The number of carboxylic acid groups (broad SMARTS) is 1. The number of nitrogens with zero attached hydrogens (tertiary/aromatic N) is 6. The van der Waals surface area contributed by atoms with Crippen LogP contribution >= 0.6 is 24.0 Å². The molecule has 3 atom stereocenters. The van der Waals surface area contributed by atoms with E-state index in [2.05, 4.69) is 6.92 Å². The predicted octanol–water partition coefficient (Wildman–Crippen LogP) is 7.17. The molecule has 0 aliphatic carbocycles. The van der Waals surface area contributed by atoms with Crippen LogP contribution in [-0.2, 0) is 17.8 Å². The van der Waals surface area contributed by atoms with E-state index in [0.717, 1.165) is 36.8 Å². The van der Waals surface area contributed by atoms with Gasteiger partial charge in [-0.25, -0.2) is 14.3 Å². The smallest absolute Gasteiger partial charge is 0.407 e. The van der Waals surface area contributed by atoms with Crippen molar-refractivity contribution >= 4 is 45.9 Å². The number of fused-ring (bicyclic) bond motifs is 1. The Morgan fingerprint density at radius 1 is 1.02 bits per heavy atom. The number of thiocarbonyl (C=S) groups is 1. The van der Waals surface area contributed by atoms with Crippen molar-refractivity contribution < 1.29 is 38.3 Å². The molecule has 2 unspecified atom stereocenters. The first-order valence-electron chi connectivity index (χ1n) is 17.5. The molecule has 2 aromatic heterocycles. The topological polar surface area (TPSA) is 142 Å². The van der Waals surface area contributed by atoms with Crippen molar-refractivity contribution in [2.45, 2.75) is 77.3 Å². The number of rotatable bonds is 16. The van der Waals surface area contributed by atoms with E-state index in [4.69, 9.17) is 55.7 Å². The molecule has 1 amide bonds. The van der Waals surface area contributed by atoms with Gasteiger partial charge in [-0.1, -0.05) is 25.1 Å². The molecule has 0 spiro atoms. The number of imidazole rings is 1. The van der Waals surface area contributed by atoms with Crippen LogP contribution in [-0.4, -0.2) is 93.4 Å². The first-order valence-corrected chi connectivity index (χ1v) is 19.1. The third kappa shape index (κ3) is 9.27. The standard InChI is InChI=1S/C37H48N6O8S2/c1-8-11-23(2)50-35-39-34(33-38-20-29(43(33)40-35)32(51-37(52)53-7)28-12-9-10-17-42(28)36(44)45)41(21-24-13-15-26(46-3)18-30(24)48-5)22-25-14-16-27(47-4)19-31(25)49-6/h13-16,18-20,23,28,32H,8-12,17,21-22H2,1-7H3,(H,44,45)/t23-,28?,32?/m0/s1. The number of benzene rings is 2. The first-order chi connectivity index (χ1) is 25.6. The molecular formula is C37H48N6O8S2. The van der Waals surface area contributed by atoms with Crippen molar-refractivity contribution in [3.63, 3.8) is 0 Å². The molecule has 2 aromatic carbocycles. The van der Waals surface area contributed by atoms with E-state index in [1.165, 1.54) is 16.7 Å². The molecule has 0 saturated carbocycles. The van der Waals surface area contributed by atoms with Crippen molar-refractivity contribution in [1.82, 2.24) is 24.5 Å². The van der Waals surface area contributed by atoms with Crippen LogP contribution in [0.1, 0.15) is 68.9 Å². The largest absolute Gasteiger partial charge is 0.497 e. The molecule has 1 fully saturated rings. The van der Waals surface area contributed by atoms with Gasteiger partial charge in [0.1, 0.15) is 28.7 Å². The van der Waals surface area contributed by atoms with Gasteiger partial charge in [0, 0.05) is 42.9 Å². The zero-order valence-electron chi connectivity index (χ0n) is 31.2. The number of hydrogen-bond acceptors (Lipinski definition) is 13. The highest BCUT2D eigenvalue weighted by atomic mass is 32.2. The van der Waals surface area contributed by atoms with Crippen LogP contribution in [0.15, 0.2) is 42.6 Å². The summed E-state index contributed by atoms with van der Waals surface area (Å²) in [5.74, 6) is 3.03. The first kappa shape index (κ1) is 39.5. The number of anilines is 1. The Kier molecular flexibility index (Phi) is 13.7. The Labute approximate surface area is 319 Å². The van der Waals surface area contributed by atoms with Crippen molar-refractivity contribution in [3.8, 4) is 29.0 Å². The highest BCUT2D eigenvalue weighted by Gasteiger charge is 2.38. The maximum atomic E-state index is 12.5. The maximum absolute atomic E-state index is 12.5. The number of amides is 1. The number of piperidine rings is 1. The molecule has 3 heterocycles. The second-order valence-corrected chi connectivity index (χ2v) is 14.0. The van der Waals surface area contributed by atoms with Crippen LogP contribution in [0.2, 0.25) is 0 Å². The van der Waals surface area contributed by atoms with Crippen LogP contribution in [0, 0.1) is 0 Å². The zero-order valence-corrected chi connectivity index (χ0v) is 32.9. The minimum Gasteiger partial charge on any atom is -0.497 e. The van der Waals surface area contributed by atoms with E-state index >= 15 is 0 Å². The maximum Gasteiger partial charge on any atom is 0.407 e. The minimum absolute atomic E-state index is 0.131. The molecule has 53 heavy (non-hydrogen) atoms. The molecule has 1 saturated heterocycles. The summed E-state index contributed by atoms with van der Waals surface area (Å²) in [4.78, 5) is 25.9. The third-order valence-corrected chi connectivity index (χ3v) is 10.2. The van der Waals surface area contributed by atoms with Gasteiger partial charge in [0.15, 0.2) is 17.6 Å². The Bertz CT molecular complexity index is 1820. The lowest BCUT2D eigenvalue weighted by molar-refractivity contribution is 0.0364. The molecule has 0 bridgehead atoms. The van der Waals surface area contributed by atoms with Crippen LogP contribution in [0.5, 0.6) is 29.0 Å². The number of aromatic nitrogens is 4. The fourth-order valence-electron chi connectivity index (χ4n) is 6.55. The lowest BCUT2D eigenvalue weighted by atomic mass is 9.96. The summed E-state index contributed by atoms with van der Waals surface area (Å²) in [5, 5.41) is 15.1. The van der Waals surface area contributed by atoms with E-state index in [1.54, 1.807) is 39.2 Å². The molecule has 4 aromatic rings. The molecule has 16 heteroatoms. The molecule has 1 N–H and O–H groups in total. The van der Waals surface area contributed by atoms with Crippen molar-refractivity contribution in [1.29, 1.82) is 0 Å². The monoisotopic (exact) mass is 768 g/mol. The third-order valence-electron chi connectivity index (χ3n) is 9.19. The number of likely N-dealkylation sites (tertiary alicyclic amines) is 1. The summed E-state index contributed by atoms with van der Waals surface area (Å²) in [6.45, 7) is 5.10. The summed E-state index contributed by atoms with van der Waals surface area (Å²) < 4.78 is 37.3. The van der Waals surface area contributed by atoms with Gasteiger partial charge < -0.3 is 43.3 Å². The highest BCUT2D eigenvalue weighted by Crippen LogP contribution is 2.37. The number of thioether (sulfide) groups is 1. The molecule has 1 aliphatic heterocycles. The molecule has 1 aliphatic rings. The molecule has 286 valence electrons. The van der Waals surface area contributed by atoms with Gasteiger partial charge in [0.25, 0.3) is 0 Å². The van der Waals surface area contributed by atoms with Gasteiger partial charge in [-0.15, -0.1) is 5.10 Å². The van der Waals surface area contributed by atoms with Gasteiger partial charge in [-0.05, 0) is 75.3 Å². The molecular weight excluding hydrogens is 721 g/mol. The fourth-order valence-corrected chi connectivity index (χ4v) is 6.85. The van der Waals surface area contributed by atoms with E-state index in [9.17, 15) is 9.90 Å². The highest BCUT2D eigenvalue weighted by molar-refractivity contribution is 8.22.